The number of carbonyl (C=O) groups is 2. The van der Waals surface area contributed by atoms with Gasteiger partial charge in [0.1, 0.15) is 5.78 Å². The fourth-order valence-electron chi connectivity index (χ4n) is 2.35. The van der Waals surface area contributed by atoms with Gasteiger partial charge in [-0.2, -0.15) is 0 Å². The van der Waals surface area contributed by atoms with E-state index in [1.54, 1.807) is 0 Å². The van der Waals surface area contributed by atoms with Crippen LogP contribution in [0.25, 0.3) is 0 Å². The van der Waals surface area contributed by atoms with E-state index in [1.165, 1.54) is 0 Å². The number of ether oxygens (including phenoxy) is 2. The van der Waals surface area contributed by atoms with Crippen LogP contribution >= 0.6 is 0 Å². The average molecular weight is 269 g/mol. The molecule has 0 spiro atoms. The van der Waals surface area contributed by atoms with Crippen LogP contribution in [-0.4, -0.2) is 43.7 Å². The molecule has 19 heavy (non-hydrogen) atoms. The molecule has 2 unspecified atom stereocenters. The number of fused-ring (bicyclic) bond motifs is 1. The van der Waals surface area contributed by atoms with Crippen LogP contribution in [0.1, 0.15) is 44.9 Å². The molecule has 2 heterocycles. The number of hydrogen-bond donors (Lipinski definition) is 1. The van der Waals surface area contributed by atoms with Gasteiger partial charge in [0.25, 0.3) is 0 Å². The van der Waals surface area contributed by atoms with E-state index in [-0.39, 0.29) is 24.0 Å². The summed E-state index contributed by atoms with van der Waals surface area (Å²) >= 11 is 0. The van der Waals surface area contributed by atoms with E-state index in [0.717, 1.165) is 32.4 Å². The average Bonchev–Trinajstić information content (AvgIpc) is 3.11. The fraction of sp³-hybridized carbons (Fsp3) is 0.857. The minimum absolute atomic E-state index is 0.199. The Morgan fingerprint density at radius 3 is 2.74 bits per heavy atom. The maximum atomic E-state index is 11.5. The van der Waals surface area contributed by atoms with Crippen LogP contribution in [0.15, 0.2) is 0 Å². The van der Waals surface area contributed by atoms with Gasteiger partial charge in [-0.05, 0) is 25.8 Å². The predicted molar refractivity (Wildman–Crippen MR) is 69.8 cm³/mol. The molecular weight excluding hydrogens is 246 g/mol. The summed E-state index contributed by atoms with van der Waals surface area (Å²) in [6.45, 7) is 2.22. The Morgan fingerprint density at radius 1 is 1.00 bits per heavy atom. The number of cyclic esters (lactones) is 1. The van der Waals surface area contributed by atoms with E-state index in [2.05, 4.69) is 5.32 Å². The molecule has 1 N–H and O–H groups in total. The third kappa shape index (κ3) is 5.70. The Bertz CT molecular complexity index is 319. The van der Waals surface area contributed by atoms with Crippen molar-refractivity contribution in [2.45, 2.75) is 57.2 Å². The first-order valence-electron chi connectivity index (χ1n) is 7.29. The van der Waals surface area contributed by atoms with Crippen molar-refractivity contribution >= 4 is 11.8 Å². The highest BCUT2D eigenvalue weighted by molar-refractivity contribution is 5.79. The third-order valence-corrected chi connectivity index (χ3v) is 3.59. The predicted octanol–water partition coefficient (Wildman–Crippen LogP) is 1.20. The van der Waals surface area contributed by atoms with Crippen molar-refractivity contribution in [1.82, 2.24) is 5.32 Å². The quantitative estimate of drug-likeness (QED) is 0.528. The molecule has 2 saturated heterocycles. The third-order valence-electron chi connectivity index (χ3n) is 3.59. The van der Waals surface area contributed by atoms with Crippen LogP contribution in [-0.2, 0) is 19.1 Å². The Kier molecular flexibility index (Phi) is 5.79. The summed E-state index contributed by atoms with van der Waals surface area (Å²) in [7, 11) is 0. The van der Waals surface area contributed by atoms with Gasteiger partial charge in [0.05, 0.1) is 18.8 Å². The van der Waals surface area contributed by atoms with Crippen molar-refractivity contribution in [3.8, 4) is 0 Å². The van der Waals surface area contributed by atoms with Crippen LogP contribution in [0.3, 0.4) is 0 Å². The lowest BCUT2D eigenvalue weighted by atomic mass is 10.1. The molecule has 2 rings (SSSR count). The zero-order chi connectivity index (χ0) is 13.5. The number of esters is 1. The van der Waals surface area contributed by atoms with Crippen LogP contribution in [0.4, 0.5) is 0 Å². The SMILES string of the molecule is O=C1CCCCNCC2OC2CCOC(=O)CCC1. The summed E-state index contributed by atoms with van der Waals surface area (Å²) < 4.78 is 10.6. The molecule has 2 fully saturated rings. The van der Waals surface area contributed by atoms with Gasteiger partial charge in [0.15, 0.2) is 0 Å². The molecular formula is C14H23NO4. The maximum absolute atomic E-state index is 11.5. The fourth-order valence-corrected chi connectivity index (χ4v) is 2.35. The summed E-state index contributed by atoms with van der Waals surface area (Å²) in [5, 5.41) is 3.34. The molecule has 0 bridgehead atoms. The van der Waals surface area contributed by atoms with Crippen LogP contribution in [0.5, 0.6) is 0 Å². The Labute approximate surface area is 114 Å². The van der Waals surface area contributed by atoms with Crippen molar-refractivity contribution in [3.63, 3.8) is 0 Å². The molecule has 0 amide bonds. The molecule has 0 aromatic carbocycles. The van der Waals surface area contributed by atoms with E-state index in [1.807, 2.05) is 0 Å². The Balaban J connectivity index is 1.71. The number of carbonyl (C=O) groups excluding carboxylic acids is 2. The molecule has 5 nitrogen and oxygen atoms in total. The normalized spacial score (nSPS) is 31.4. The first kappa shape index (κ1) is 14.5. The zero-order valence-electron chi connectivity index (χ0n) is 11.4. The van der Waals surface area contributed by atoms with Gasteiger partial charge in [0.2, 0.25) is 0 Å². The van der Waals surface area contributed by atoms with E-state index in [4.69, 9.17) is 9.47 Å². The number of rotatable bonds is 0. The summed E-state index contributed by atoms with van der Waals surface area (Å²) in [4.78, 5) is 23.0. The lowest BCUT2D eigenvalue weighted by Crippen LogP contribution is -2.22. The van der Waals surface area contributed by atoms with Crippen molar-refractivity contribution in [2.24, 2.45) is 0 Å². The Morgan fingerprint density at radius 2 is 1.84 bits per heavy atom. The van der Waals surface area contributed by atoms with Gasteiger partial charge in [-0.25, -0.2) is 0 Å². The number of hydrogen-bond acceptors (Lipinski definition) is 5. The number of epoxide rings is 1. The second-order valence-corrected chi connectivity index (χ2v) is 5.28. The number of nitrogens with one attached hydrogen (secondary N) is 1. The number of ketones is 1. The summed E-state index contributed by atoms with van der Waals surface area (Å²) in [6.07, 6.45) is 5.31. The molecule has 2 aliphatic heterocycles. The molecule has 0 aromatic heterocycles. The first-order chi connectivity index (χ1) is 9.25. The molecule has 0 aromatic rings. The van der Waals surface area contributed by atoms with Crippen molar-refractivity contribution in [1.29, 1.82) is 0 Å². The second kappa shape index (κ2) is 7.60. The summed E-state index contributed by atoms with van der Waals surface area (Å²) in [5.74, 6) is 0.0562. The molecule has 0 radical (unpaired) electrons. The molecule has 5 heteroatoms. The molecule has 2 aliphatic rings. The highest BCUT2D eigenvalue weighted by Gasteiger charge is 2.37. The summed E-state index contributed by atoms with van der Waals surface area (Å²) in [6, 6.07) is 0. The van der Waals surface area contributed by atoms with E-state index >= 15 is 0 Å². The highest BCUT2D eigenvalue weighted by atomic mass is 16.6. The van der Waals surface area contributed by atoms with Gasteiger partial charge < -0.3 is 14.8 Å². The lowest BCUT2D eigenvalue weighted by Gasteiger charge is -2.06. The first-order valence-corrected chi connectivity index (χ1v) is 7.29. The molecule has 2 atom stereocenters. The van der Waals surface area contributed by atoms with Gasteiger partial charge in [-0.3, -0.25) is 9.59 Å². The van der Waals surface area contributed by atoms with Crippen LogP contribution in [0, 0.1) is 0 Å². The second-order valence-electron chi connectivity index (χ2n) is 5.28. The maximum Gasteiger partial charge on any atom is 0.305 e. The Hall–Kier alpha value is -0.940. The van der Waals surface area contributed by atoms with Crippen LogP contribution in [0.2, 0.25) is 0 Å². The van der Waals surface area contributed by atoms with Crippen molar-refractivity contribution in [3.05, 3.63) is 0 Å². The van der Waals surface area contributed by atoms with Crippen LogP contribution < -0.4 is 5.32 Å². The van der Waals surface area contributed by atoms with Gasteiger partial charge in [0, 0.05) is 32.2 Å². The molecule has 0 saturated carbocycles. The van der Waals surface area contributed by atoms with Crippen molar-refractivity contribution < 1.29 is 19.1 Å². The topological polar surface area (TPSA) is 67.9 Å². The molecule has 108 valence electrons. The summed E-state index contributed by atoms with van der Waals surface area (Å²) in [5.41, 5.74) is 0. The smallest absolute Gasteiger partial charge is 0.305 e. The number of Topliss-reactive ketones (excluding diaryl/α,β-unsaturated/α-hetero) is 1. The minimum Gasteiger partial charge on any atom is -0.466 e. The van der Waals surface area contributed by atoms with E-state index < -0.39 is 0 Å². The highest BCUT2D eigenvalue weighted by Crippen LogP contribution is 2.24. The van der Waals surface area contributed by atoms with Gasteiger partial charge in [-0.1, -0.05) is 0 Å². The zero-order valence-corrected chi connectivity index (χ0v) is 11.4. The van der Waals surface area contributed by atoms with E-state index in [9.17, 15) is 9.59 Å². The van der Waals surface area contributed by atoms with Crippen molar-refractivity contribution in [2.75, 3.05) is 19.7 Å². The van der Waals surface area contributed by atoms with Gasteiger partial charge >= 0.3 is 5.97 Å². The monoisotopic (exact) mass is 269 g/mol. The standard InChI is InChI=1S/C14H23NO4/c16-11-4-1-2-8-15-10-13-12(19-13)7-9-18-14(17)6-3-5-11/h12-13,15H,1-10H2. The lowest BCUT2D eigenvalue weighted by molar-refractivity contribution is -0.143. The minimum atomic E-state index is -0.199. The van der Waals surface area contributed by atoms with E-state index in [0.29, 0.717) is 32.3 Å². The van der Waals surface area contributed by atoms with Gasteiger partial charge in [-0.15, -0.1) is 0 Å². The molecule has 0 aliphatic carbocycles. The largest absolute Gasteiger partial charge is 0.466 e.